The summed E-state index contributed by atoms with van der Waals surface area (Å²) in [5.74, 6) is -0.605. The number of ether oxygens (including phenoxy) is 2. The first kappa shape index (κ1) is 21.4. The molecule has 8 heteroatoms. The highest BCUT2D eigenvalue weighted by molar-refractivity contribution is 6.13. The Kier molecular flexibility index (Phi) is 6.74. The van der Waals surface area contributed by atoms with E-state index in [1.54, 1.807) is 53.7 Å². The maximum Gasteiger partial charge on any atom is 0.421 e. The molecule has 1 aromatic rings. The monoisotopic (exact) mass is 365 g/mol. The summed E-state index contributed by atoms with van der Waals surface area (Å²) >= 11 is 0. The molecule has 1 rings (SSSR count). The predicted octanol–water partition coefficient (Wildman–Crippen LogP) is 3.26. The lowest BCUT2D eigenvalue weighted by Crippen LogP contribution is -2.43. The lowest BCUT2D eigenvalue weighted by Gasteiger charge is -2.26. The van der Waals surface area contributed by atoms with Crippen molar-refractivity contribution in [3.8, 4) is 0 Å². The van der Waals surface area contributed by atoms with Gasteiger partial charge in [0.25, 0.3) is 0 Å². The van der Waals surface area contributed by atoms with E-state index in [0.29, 0.717) is 5.69 Å². The topological polar surface area (TPSA) is 111 Å². The molecular formula is C18H27N3O5. The highest BCUT2D eigenvalue weighted by Gasteiger charge is 2.28. The fourth-order valence-electron chi connectivity index (χ4n) is 1.87. The van der Waals surface area contributed by atoms with Crippen LogP contribution in [0.15, 0.2) is 24.3 Å². The van der Waals surface area contributed by atoms with Crippen molar-refractivity contribution in [2.75, 3.05) is 16.8 Å². The van der Waals surface area contributed by atoms with E-state index >= 15 is 0 Å². The van der Waals surface area contributed by atoms with E-state index in [1.165, 1.54) is 12.1 Å². The minimum atomic E-state index is -0.819. The molecule has 0 aliphatic carbocycles. The minimum absolute atomic E-state index is 0.282. The van der Waals surface area contributed by atoms with Crippen LogP contribution in [0.3, 0.4) is 0 Å². The van der Waals surface area contributed by atoms with Crippen LogP contribution in [0, 0.1) is 0 Å². The van der Waals surface area contributed by atoms with Gasteiger partial charge in [-0.2, -0.15) is 0 Å². The van der Waals surface area contributed by atoms with Crippen molar-refractivity contribution >= 4 is 29.5 Å². The molecule has 26 heavy (non-hydrogen) atoms. The van der Waals surface area contributed by atoms with Gasteiger partial charge in [0.05, 0.1) is 12.2 Å². The van der Waals surface area contributed by atoms with E-state index in [0.717, 1.165) is 4.90 Å². The second kappa shape index (κ2) is 8.18. The van der Waals surface area contributed by atoms with Gasteiger partial charge in [0.2, 0.25) is 5.91 Å². The van der Waals surface area contributed by atoms with Gasteiger partial charge in [-0.15, -0.1) is 0 Å². The van der Waals surface area contributed by atoms with Gasteiger partial charge in [0.15, 0.2) is 0 Å². The Bertz CT molecular complexity index is 657. The summed E-state index contributed by atoms with van der Waals surface area (Å²) in [6.45, 7) is 10.0. The highest BCUT2D eigenvalue weighted by Crippen LogP contribution is 2.21. The lowest BCUT2D eigenvalue weighted by molar-refractivity contribution is -0.117. The third kappa shape index (κ3) is 7.10. The van der Waals surface area contributed by atoms with Crippen LogP contribution < -0.4 is 16.0 Å². The maximum absolute atomic E-state index is 12.3. The van der Waals surface area contributed by atoms with Crippen molar-refractivity contribution < 1.29 is 23.9 Å². The molecule has 0 aliphatic rings. The number of amides is 3. The zero-order valence-corrected chi connectivity index (χ0v) is 16.1. The Morgan fingerprint density at radius 3 is 1.88 bits per heavy atom. The van der Waals surface area contributed by atoms with Crippen LogP contribution in [0.2, 0.25) is 0 Å². The smallest absolute Gasteiger partial charge is 0.421 e. The first-order valence-corrected chi connectivity index (χ1v) is 8.18. The van der Waals surface area contributed by atoms with Gasteiger partial charge >= 0.3 is 12.2 Å². The molecule has 0 fully saturated rings. The van der Waals surface area contributed by atoms with Crippen molar-refractivity contribution in [3.05, 3.63) is 24.3 Å². The third-order valence-electron chi connectivity index (χ3n) is 2.77. The van der Waals surface area contributed by atoms with Crippen molar-refractivity contribution in [2.45, 2.75) is 52.7 Å². The predicted molar refractivity (Wildman–Crippen MR) is 99.1 cm³/mol. The quantitative estimate of drug-likeness (QED) is 0.850. The molecule has 0 aromatic heterocycles. The molecule has 3 amide bonds. The molecule has 0 radical (unpaired) electrons. The Hall–Kier alpha value is -2.61. The van der Waals surface area contributed by atoms with Gasteiger partial charge in [0, 0.05) is 5.69 Å². The molecule has 0 saturated carbocycles. The number of nitrogens with zero attached hydrogens (tertiary/aromatic N) is 1. The number of imide groups is 1. The number of hydrogen-bond acceptors (Lipinski definition) is 6. The molecule has 1 aromatic carbocycles. The summed E-state index contributed by atoms with van der Waals surface area (Å²) in [4.78, 5) is 37.0. The summed E-state index contributed by atoms with van der Waals surface area (Å²) in [5.41, 5.74) is 4.75. The molecular weight excluding hydrogens is 338 g/mol. The number of benzene rings is 1. The van der Waals surface area contributed by atoms with Gasteiger partial charge in [-0.1, -0.05) is 0 Å². The number of carbonyl (C=O) groups excluding carboxylic acids is 3. The summed E-state index contributed by atoms with van der Waals surface area (Å²) in [6, 6.07) is 6.09. The van der Waals surface area contributed by atoms with Gasteiger partial charge in [0.1, 0.15) is 11.2 Å². The van der Waals surface area contributed by atoms with Gasteiger partial charge in [-0.3, -0.25) is 10.1 Å². The van der Waals surface area contributed by atoms with Crippen LogP contribution in [0.5, 0.6) is 0 Å². The average Bonchev–Trinajstić information content (AvgIpc) is 2.45. The zero-order valence-electron chi connectivity index (χ0n) is 16.1. The Morgan fingerprint density at radius 1 is 0.962 bits per heavy atom. The fraction of sp³-hybridized carbons (Fsp3) is 0.500. The van der Waals surface area contributed by atoms with Crippen molar-refractivity contribution in [1.82, 2.24) is 0 Å². The highest BCUT2D eigenvalue weighted by atomic mass is 16.6. The molecule has 8 nitrogen and oxygen atoms in total. The molecule has 0 bridgehead atoms. The number of nitrogens with one attached hydrogen (secondary N) is 1. The van der Waals surface area contributed by atoms with Crippen molar-refractivity contribution in [2.24, 2.45) is 5.73 Å². The van der Waals surface area contributed by atoms with E-state index in [4.69, 9.17) is 15.2 Å². The van der Waals surface area contributed by atoms with E-state index in [1.807, 2.05) is 0 Å². The zero-order chi connectivity index (χ0) is 20.1. The van der Waals surface area contributed by atoms with Crippen LogP contribution in [0.25, 0.3) is 0 Å². The summed E-state index contributed by atoms with van der Waals surface area (Å²) < 4.78 is 10.4. The molecule has 3 N–H and O–H groups in total. The largest absolute Gasteiger partial charge is 0.444 e. The average molecular weight is 365 g/mol. The molecule has 0 atom stereocenters. The molecule has 0 heterocycles. The number of carbonyl (C=O) groups is 3. The number of anilines is 2. The van der Waals surface area contributed by atoms with Crippen molar-refractivity contribution in [1.29, 1.82) is 0 Å². The van der Waals surface area contributed by atoms with E-state index in [2.05, 4.69) is 5.32 Å². The number of hydrogen-bond donors (Lipinski definition) is 2. The SMILES string of the molecule is CC(C)(C)OC(=O)Nc1ccc(N(C(=O)CN)C(=O)OC(C)(C)C)cc1. The van der Waals surface area contributed by atoms with Crippen LogP contribution in [-0.2, 0) is 14.3 Å². The molecule has 0 spiro atoms. The van der Waals surface area contributed by atoms with Gasteiger partial charge in [-0.25, -0.2) is 14.5 Å². The molecule has 144 valence electrons. The standard InChI is InChI=1S/C18H27N3O5/c1-17(2,3)25-15(23)20-12-7-9-13(10-8-12)21(14(22)11-19)16(24)26-18(4,5)6/h7-10H,11,19H2,1-6H3,(H,20,23). The van der Waals surface area contributed by atoms with Crippen LogP contribution in [0.4, 0.5) is 21.0 Å². The molecule has 0 unspecified atom stereocenters. The van der Waals surface area contributed by atoms with Gasteiger partial charge in [-0.05, 0) is 65.8 Å². The van der Waals surface area contributed by atoms with Crippen LogP contribution >= 0.6 is 0 Å². The van der Waals surface area contributed by atoms with E-state index < -0.39 is 29.3 Å². The fourth-order valence-corrected chi connectivity index (χ4v) is 1.87. The first-order valence-electron chi connectivity index (χ1n) is 8.18. The maximum atomic E-state index is 12.3. The summed E-state index contributed by atoms with van der Waals surface area (Å²) in [5, 5.41) is 2.57. The molecule has 0 aliphatic heterocycles. The second-order valence-electron chi connectivity index (χ2n) is 7.59. The summed E-state index contributed by atoms with van der Waals surface area (Å²) in [7, 11) is 0. The Morgan fingerprint density at radius 2 is 1.46 bits per heavy atom. The summed E-state index contributed by atoms with van der Waals surface area (Å²) in [6.07, 6.45) is -1.42. The molecule has 0 saturated heterocycles. The van der Waals surface area contributed by atoms with Gasteiger partial charge < -0.3 is 15.2 Å². The Balaban J connectivity index is 2.95. The number of rotatable bonds is 3. The van der Waals surface area contributed by atoms with Crippen molar-refractivity contribution in [3.63, 3.8) is 0 Å². The normalized spacial score (nSPS) is 11.5. The number of nitrogens with two attached hydrogens (primary N) is 1. The third-order valence-corrected chi connectivity index (χ3v) is 2.77. The lowest BCUT2D eigenvalue weighted by atomic mass is 10.2. The van der Waals surface area contributed by atoms with Crippen LogP contribution in [0.1, 0.15) is 41.5 Å². The first-order chi connectivity index (χ1) is 11.8. The van der Waals surface area contributed by atoms with E-state index in [9.17, 15) is 14.4 Å². The second-order valence-corrected chi connectivity index (χ2v) is 7.59. The van der Waals surface area contributed by atoms with Crippen LogP contribution in [-0.4, -0.2) is 35.8 Å². The van der Waals surface area contributed by atoms with E-state index in [-0.39, 0.29) is 12.2 Å². The Labute approximate surface area is 153 Å². The minimum Gasteiger partial charge on any atom is -0.444 e.